The Bertz CT molecular complexity index is 893. The zero-order chi connectivity index (χ0) is 17.6. The molecule has 0 aliphatic carbocycles. The summed E-state index contributed by atoms with van der Waals surface area (Å²) in [5.74, 6) is -0.401. The van der Waals surface area contributed by atoms with Gasteiger partial charge in [-0.3, -0.25) is 14.6 Å². The third kappa shape index (κ3) is 4.48. The predicted octanol–water partition coefficient (Wildman–Crippen LogP) is 3.09. The second-order valence-corrected chi connectivity index (χ2v) is 6.16. The van der Waals surface area contributed by atoms with Gasteiger partial charge in [0, 0.05) is 29.8 Å². The third-order valence-electron chi connectivity index (χ3n) is 3.31. The van der Waals surface area contributed by atoms with Gasteiger partial charge in [0.25, 0.3) is 5.91 Å². The van der Waals surface area contributed by atoms with Crippen LogP contribution in [0.1, 0.15) is 23.0 Å². The van der Waals surface area contributed by atoms with Crippen molar-refractivity contribution < 1.29 is 9.59 Å². The molecule has 0 atom stereocenters. The number of anilines is 1. The molecule has 1 aromatic carbocycles. The van der Waals surface area contributed by atoms with E-state index in [2.05, 4.69) is 20.6 Å². The van der Waals surface area contributed by atoms with E-state index in [4.69, 9.17) is 0 Å². The van der Waals surface area contributed by atoms with Crippen molar-refractivity contribution in [2.24, 2.45) is 0 Å². The highest BCUT2D eigenvalue weighted by atomic mass is 32.1. The molecule has 0 aliphatic rings. The van der Waals surface area contributed by atoms with E-state index in [-0.39, 0.29) is 11.8 Å². The van der Waals surface area contributed by atoms with Crippen LogP contribution in [-0.2, 0) is 11.3 Å². The summed E-state index contributed by atoms with van der Waals surface area (Å²) in [5, 5.41) is 8.21. The van der Waals surface area contributed by atoms with Crippen LogP contribution in [0.5, 0.6) is 0 Å². The summed E-state index contributed by atoms with van der Waals surface area (Å²) in [6, 6.07) is 12.5. The van der Waals surface area contributed by atoms with Gasteiger partial charge < -0.3 is 10.6 Å². The molecule has 2 heterocycles. The number of rotatable bonds is 5. The van der Waals surface area contributed by atoms with E-state index in [0.717, 1.165) is 16.4 Å². The molecule has 0 spiro atoms. The SMILES string of the molecule is CC(=O)Nc1cccc(C(=O)NCc2csc(-c3ccccn3)n2)c1. The average Bonchev–Trinajstić information content (AvgIpc) is 3.09. The Hall–Kier alpha value is -3.06. The Morgan fingerprint density at radius 3 is 2.80 bits per heavy atom. The van der Waals surface area contributed by atoms with E-state index < -0.39 is 0 Å². The first-order chi connectivity index (χ1) is 12.1. The second-order valence-electron chi connectivity index (χ2n) is 5.30. The van der Waals surface area contributed by atoms with Crippen LogP contribution in [0.4, 0.5) is 5.69 Å². The summed E-state index contributed by atoms with van der Waals surface area (Å²) in [7, 11) is 0. The van der Waals surface area contributed by atoms with E-state index >= 15 is 0 Å². The van der Waals surface area contributed by atoms with Crippen LogP contribution in [0, 0.1) is 0 Å². The Balaban J connectivity index is 1.63. The van der Waals surface area contributed by atoms with Gasteiger partial charge in [0.2, 0.25) is 5.91 Å². The molecule has 0 saturated carbocycles. The number of hydrogen-bond donors (Lipinski definition) is 2. The van der Waals surface area contributed by atoms with E-state index in [9.17, 15) is 9.59 Å². The van der Waals surface area contributed by atoms with E-state index in [1.807, 2.05) is 23.6 Å². The third-order valence-corrected chi connectivity index (χ3v) is 4.22. The van der Waals surface area contributed by atoms with Gasteiger partial charge in [-0.1, -0.05) is 12.1 Å². The number of nitrogens with one attached hydrogen (secondary N) is 2. The van der Waals surface area contributed by atoms with Crippen molar-refractivity contribution in [1.29, 1.82) is 0 Å². The van der Waals surface area contributed by atoms with Crippen molar-refractivity contribution in [2.45, 2.75) is 13.5 Å². The lowest BCUT2D eigenvalue weighted by Gasteiger charge is -2.06. The quantitative estimate of drug-likeness (QED) is 0.739. The second kappa shape index (κ2) is 7.67. The summed E-state index contributed by atoms with van der Waals surface area (Å²) in [4.78, 5) is 32.1. The minimum Gasteiger partial charge on any atom is -0.346 e. The van der Waals surface area contributed by atoms with Crippen LogP contribution in [0.25, 0.3) is 10.7 Å². The van der Waals surface area contributed by atoms with Crippen molar-refractivity contribution in [3.05, 3.63) is 65.3 Å². The van der Waals surface area contributed by atoms with Gasteiger partial charge in [-0.15, -0.1) is 11.3 Å². The maximum Gasteiger partial charge on any atom is 0.251 e. The number of carbonyl (C=O) groups is 2. The van der Waals surface area contributed by atoms with Crippen LogP contribution in [0.2, 0.25) is 0 Å². The first-order valence-electron chi connectivity index (χ1n) is 7.63. The standard InChI is InChI=1S/C18H16N4O2S/c1-12(23)21-14-6-4-5-13(9-14)17(24)20-10-15-11-25-18(22-15)16-7-2-3-8-19-16/h2-9,11H,10H2,1H3,(H,20,24)(H,21,23). The summed E-state index contributed by atoms with van der Waals surface area (Å²) in [6.45, 7) is 1.75. The number of amides is 2. The number of thiazole rings is 1. The molecule has 0 unspecified atom stereocenters. The maximum atomic E-state index is 12.3. The van der Waals surface area contributed by atoms with Crippen LogP contribution in [-0.4, -0.2) is 21.8 Å². The topological polar surface area (TPSA) is 84.0 Å². The van der Waals surface area contributed by atoms with Gasteiger partial charge >= 0.3 is 0 Å². The Labute approximate surface area is 149 Å². The van der Waals surface area contributed by atoms with Crippen LogP contribution in [0.15, 0.2) is 54.0 Å². The molecular weight excluding hydrogens is 336 g/mol. The summed E-state index contributed by atoms with van der Waals surface area (Å²) < 4.78 is 0. The van der Waals surface area contributed by atoms with Crippen molar-refractivity contribution in [1.82, 2.24) is 15.3 Å². The molecule has 0 bridgehead atoms. The fraction of sp³-hybridized carbons (Fsp3) is 0.111. The molecule has 2 aromatic heterocycles. The van der Waals surface area contributed by atoms with Crippen molar-refractivity contribution >= 4 is 28.8 Å². The van der Waals surface area contributed by atoms with E-state index in [1.54, 1.807) is 30.5 Å². The molecule has 126 valence electrons. The Morgan fingerprint density at radius 2 is 2.04 bits per heavy atom. The lowest BCUT2D eigenvalue weighted by molar-refractivity contribution is -0.114. The summed E-state index contributed by atoms with van der Waals surface area (Å²) >= 11 is 1.49. The number of nitrogens with zero attached hydrogens (tertiary/aromatic N) is 2. The smallest absolute Gasteiger partial charge is 0.251 e. The number of aromatic nitrogens is 2. The van der Waals surface area contributed by atoms with Gasteiger partial charge in [-0.2, -0.15) is 0 Å². The minimum absolute atomic E-state index is 0.179. The lowest BCUT2D eigenvalue weighted by Crippen LogP contribution is -2.23. The average molecular weight is 352 g/mol. The van der Waals surface area contributed by atoms with Crippen molar-refractivity contribution in [3.8, 4) is 10.7 Å². The van der Waals surface area contributed by atoms with Gasteiger partial charge in [-0.25, -0.2) is 4.98 Å². The monoisotopic (exact) mass is 352 g/mol. The zero-order valence-electron chi connectivity index (χ0n) is 13.5. The van der Waals surface area contributed by atoms with E-state index in [0.29, 0.717) is 17.8 Å². The highest BCUT2D eigenvalue weighted by molar-refractivity contribution is 7.13. The molecular formula is C18H16N4O2S. The van der Waals surface area contributed by atoms with Gasteiger partial charge in [0.15, 0.2) is 0 Å². The largest absolute Gasteiger partial charge is 0.346 e. The normalized spacial score (nSPS) is 10.3. The van der Waals surface area contributed by atoms with Gasteiger partial charge in [0.1, 0.15) is 5.01 Å². The minimum atomic E-state index is -0.223. The number of carbonyl (C=O) groups excluding carboxylic acids is 2. The first kappa shape index (κ1) is 16.8. The predicted molar refractivity (Wildman–Crippen MR) is 97.3 cm³/mol. The Morgan fingerprint density at radius 1 is 1.16 bits per heavy atom. The molecule has 7 heteroatoms. The molecule has 25 heavy (non-hydrogen) atoms. The van der Waals surface area contributed by atoms with Crippen LogP contribution < -0.4 is 10.6 Å². The molecule has 0 saturated heterocycles. The number of pyridine rings is 1. The van der Waals surface area contributed by atoms with Crippen molar-refractivity contribution in [3.63, 3.8) is 0 Å². The molecule has 6 nitrogen and oxygen atoms in total. The highest BCUT2D eigenvalue weighted by Gasteiger charge is 2.09. The van der Waals surface area contributed by atoms with Gasteiger partial charge in [-0.05, 0) is 30.3 Å². The molecule has 0 fully saturated rings. The van der Waals surface area contributed by atoms with E-state index in [1.165, 1.54) is 18.3 Å². The number of benzene rings is 1. The van der Waals surface area contributed by atoms with Crippen LogP contribution >= 0.6 is 11.3 Å². The van der Waals surface area contributed by atoms with Gasteiger partial charge in [0.05, 0.1) is 17.9 Å². The summed E-state index contributed by atoms with van der Waals surface area (Å²) in [6.07, 6.45) is 1.72. The molecule has 2 amide bonds. The van der Waals surface area contributed by atoms with Crippen molar-refractivity contribution in [2.75, 3.05) is 5.32 Å². The Kier molecular flexibility index (Phi) is 5.15. The lowest BCUT2D eigenvalue weighted by atomic mass is 10.2. The first-order valence-corrected chi connectivity index (χ1v) is 8.51. The molecule has 3 aromatic rings. The molecule has 0 radical (unpaired) electrons. The molecule has 2 N–H and O–H groups in total. The molecule has 3 rings (SSSR count). The number of hydrogen-bond acceptors (Lipinski definition) is 5. The fourth-order valence-corrected chi connectivity index (χ4v) is 3.00. The fourth-order valence-electron chi connectivity index (χ4n) is 2.21. The molecule has 0 aliphatic heterocycles. The zero-order valence-corrected chi connectivity index (χ0v) is 14.3. The highest BCUT2D eigenvalue weighted by Crippen LogP contribution is 2.21. The summed E-state index contributed by atoms with van der Waals surface area (Å²) in [5.41, 5.74) is 2.66. The maximum absolute atomic E-state index is 12.3. The van der Waals surface area contributed by atoms with Crippen LogP contribution in [0.3, 0.4) is 0 Å².